The number of hydrogen-bond donors (Lipinski definition) is 1. The van der Waals surface area contributed by atoms with E-state index in [1.807, 2.05) is 24.1 Å². The van der Waals surface area contributed by atoms with Gasteiger partial charge < -0.3 is 15.1 Å². The number of carbonyl (C=O) groups excluding carboxylic acids is 1. The number of likely N-dealkylation sites (tertiary alicyclic amines) is 1. The van der Waals surface area contributed by atoms with Gasteiger partial charge in [0.05, 0.1) is 0 Å². The number of benzene rings is 1. The number of amides is 1. The van der Waals surface area contributed by atoms with Crippen molar-refractivity contribution in [1.29, 1.82) is 0 Å². The number of hydrogen-bond acceptors (Lipinski definition) is 3. The summed E-state index contributed by atoms with van der Waals surface area (Å²) in [6.45, 7) is 6.00. The van der Waals surface area contributed by atoms with E-state index in [2.05, 4.69) is 36.3 Å². The van der Waals surface area contributed by atoms with Crippen LogP contribution in [0.1, 0.15) is 36.5 Å². The van der Waals surface area contributed by atoms with Gasteiger partial charge in [-0.15, -0.1) is 24.8 Å². The fraction of sp³-hybridized carbons (Fsp3) is 0.611. The molecule has 1 aromatic carbocycles. The van der Waals surface area contributed by atoms with Crippen LogP contribution in [-0.4, -0.2) is 51.1 Å². The Bertz CT molecular complexity index is 482. The summed E-state index contributed by atoms with van der Waals surface area (Å²) in [7, 11) is 4.08. The van der Waals surface area contributed by atoms with Gasteiger partial charge in [-0.05, 0) is 56.6 Å². The second-order valence-electron chi connectivity index (χ2n) is 6.29. The van der Waals surface area contributed by atoms with Crippen molar-refractivity contribution in [1.82, 2.24) is 10.2 Å². The van der Waals surface area contributed by atoms with E-state index in [1.165, 1.54) is 18.5 Å². The molecule has 0 bridgehead atoms. The first-order valence-electron chi connectivity index (χ1n) is 8.40. The maximum atomic E-state index is 12.5. The first kappa shape index (κ1) is 23.0. The highest BCUT2D eigenvalue weighted by atomic mass is 35.5. The van der Waals surface area contributed by atoms with E-state index in [9.17, 15) is 4.79 Å². The van der Waals surface area contributed by atoms with Crippen LogP contribution in [0, 0.1) is 5.92 Å². The van der Waals surface area contributed by atoms with Gasteiger partial charge in [0.15, 0.2) is 0 Å². The highest BCUT2D eigenvalue weighted by Crippen LogP contribution is 2.20. The van der Waals surface area contributed by atoms with Crippen LogP contribution in [0.15, 0.2) is 24.3 Å². The Hall–Kier alpha value is -0.970. The van der Waals surface area contributed by atoms with E-state index in [0.717, 1.165) is 38.2 Å². The lowest BCUT2D eigenvalue weighted by atomic mass is 10.1. The number of anilines is 1. The van der Waals surface area contributed by atoms with E-state index in [1.54, 1.807) is 0 Å². The van der Waals surface area contributed by atoms with Crippen LogP contribution in [0.4, 0.5) is 5.69 Å². The van der Waals surface area contributed by atoms with Crippen LogP contribution in [0.3, 0.4) is 0 Å². The number of halogens is 2. The van der Waals surface area contributed by atoms with E-state index in [-0.39, 0.29) is 30.7 Å². The second-order valence-corrected chi connectivity index (χ2v) is 6.29. The van der Waals surface area contributed by atoms with Crippen LogP contribution in [0.5, 0.6) is 0 Å². The number of carbonyl (C=O) groups is 1. The average molecular weight is 376 g/mol. The molecule has 1 atom stereocenters. The molecule has 1 N–H and O–H groups in total. The minimum atomic E-state index is 0. The van der Waals surface area contributed by atoms with Gasteiger partial charge >= 0.3 is 0 Å². The van der Waals surface area contributed by atoms with E-state index in [4.69, 9.17) is 0 Å². The molecule has 0 aromatic heterocycles. The van der Waals surface area contributed by atoms with Gasteiger partial charge in [-0.3, -0.25) is 4.79 Å². The van der Waals surface area contributed by atoms with Crippen molar-refractivity contribution < 1.29 is 4.79 Å². The van der Waals surface area contributed by atoms with Crippen LogP contribution < -0.4 is 10.2 Å². The van der Waals surface area contributed by atoms with Crippen molar-refractivity contribution in [3.05, 3.63) is 29.8 Å². The molecule has 1 saturated heterocycles. The molecule has 0 radical (unpaired) electrons. The smallest absolute Gasteiger partial charge is 0.253 e. The molecule has 1 heterocycles. The van der Waals surface area contributed by atoms with E-state index in [0.29, 0.717) is 5.92 Å². The van der Waals surface area contributed by atoms with Gasteiger partial charge in [0.1, 0.15) is 0 Å². The molecule has 1 amide bonds. The summed E-state index contributed by atoms with van der Waals surface area (Å²) in [5, 5.41) is 3.20. The van der Waals surface area contributed by atoms with Gasteiger partial charge in [-0.2, -0.15) is 0 Å². The second kappa shape index (κ2) is 11.6. The Morgan fingerprint density at radius 2 is 1.96 bits per heavy atom. The maximum absolute atomic E-state index is 12.5. The zero-order chi connectivity index (χ0) is 15.9. The number of unbranched alkanes of at least 4 members (excludes halogenated alkanes) is 1. The average Bonchev–Trinajstić information content (AvgIpc) is 3.01. The van der Waals surface area contributed by atoms with Gasteiger partial charge in [0.2, 0.25) is 0 Å². The van der Waals surface area contributed by atoms with Gasteiger partial charge in [0, 0.05) is 37.9 Å². The molecule has 2 rings (SSSR count). The Morgan fingerprint density at radius 3 is 2.54 bits per heavy atom. The molecular formula is C18H31Cl2N3O. The van der Waals surface area contributed by atoms with Crippen molar-refractivity contribution >= 4 is 36.4 Å². The lowest BCUT2D eigenvalue weighted by Crippen LogP contribution is -2.30. The van der Waals surface area contributed by atoms with Crippen LogP contribution in [-0.2, 0) is 0 Å². The highest BCUT2D eigenvalue weighted by Gasteiger charge is 2.26. The summed E-state index contributed by atoms with van der Waals surface area (Å²) >= 11 is 0. The topological polar surface area (TPSA) is 35.6 Å². The van der Waals surface area contributed by atoms with E-state index >= 15 is 0 Å². The largest absolute Gasteiger partial charge is 0.375 e. The Balaban J connectivity index is 0.00000264. The monoisotopic (exact) mass is 375 g/mol. The lowest BCUT2D eigenvalue weighted by Gasteiger charge is -2.20. The summed E-state index contributed by atoms with van der Waals surface area (Å²) < 4.78 is 0. The molecule has 1 aromatic rings. The molecule has 1 fully saturated rings. The summed E-state index contributed by atoms with van der Waals surface area (Å²) in [5.41, 5.74) is 1.98. The fourth-order valence-electron chi connectivity index (χ4n) is 3.04. The molecule has 0 spiro atoms. The standard InChI is InChI=1S/C18H29N3O.2ClH/c1-4-5-11-20(3)17-8-6-16(7-9-17)18(22)21-12-10-15(14-21)13-19-2;;/h6-9,15,19H,4-5,10-14H2,1-3H3;2*1H. The zero-order valence-corrected chi connectivity index (χ0v) is 16.6. The molecule has 1 unspecified atom stereocenters. The molecule has 1 aliphatic rings. The maximum Gasteiger partial charge on any atom is 0.253 e. The molecule has 6 heteroatoms. The quantitative estimate of drug-likeness (QED) is 0.792. The van der Waals surface area contributed by atoms with Crippen molar-refractivity contribution in [2.45, 2.75) is 26.2 Å². The Morgan fingerprint density at radius 1 is 1.29 bits per heavy atom. The summed E-state index contributed by atoms with van der Waals surface area (Å²) in [5.74, 6) is 0.759. The molecule has 0 saturated carbocycles. The summed E-state index contributed by atoms with van der Waals surface area (Å²) in [6, 6.07) is 8.05. The van der Waals surface area contributed by atoms with Crippen LogP contribution >= 0.6 is 24.8 Å². The lowest BCUT2D eigenvalue weighted by molar-refractivity contribution is 0.0787. The first-order chi connectivity index (χ1) is 10.7. The van der Waals surface area contributed by atoms with Crippen LogP contribution in [0.2, 0.25) is 0 Å². The highest BCUT2D eigenvalue weighted by molar-refractivity contribution is 5.94. The summed E-state index contributed by atoms with van der Waals surface area (Å²) in [4.78, 5) is 16.8. The minimum Gasteiger partial charge on any atom is -0.375 e. The third-order valence-corrected chi connectivity index (χ3v) is 4.47. The van der Waals surface area contributed by atoms with Gasteiger partial charge in [-0.25, -0.2) is 0 Å². The van der Waals surface area contributed by atoms with Gasteiger partial charge in [0.25, 0.3) is 5.91 Å². The molecule has 138 valence electrons. The normalized spacial score (nSPS) is 16.3. The Kier molecular flexibility index (Phi) is 11.1. The predicted molar refractivity (Wildman–Crippen MR) is 107 cm³/mol. The third-order valence-electron chi connectivity index (χ3n) is 4.47. The Labute approximate surface area is 158 Å². The predicted octanol–water partition coefficient (Wildman–Crippen LogP) is 3.45. The number of nitrogens with one attached hydrogen (secondary N) is 1. The molecule has 4 nitrogen and oxygen atoms in total. The molecule has 24 heavy (non-hydrogen) atoms. The number of rotatable bonds is 7. The molecular weight excluding hydrogens is 345 g/mol. The summed E-state index contributed by atoms with van der Waals surface area (Å²) in [6.07, 6.45) is 3.49. The third kappa shape index (κ3) is 6.15. The van der Waals surface area contributed by atoms with Crippen molar-refractivity contribution in [3.8, 4) is 0 Å². The number of nitrogens with zero attached hydrogens (tertiary/aromatic N) is 2. The molecule has 1 aliphatic heterocycles. The van der Waals surface area contributed by atoms with Crippen molar-refractivity contribution in [2.24, 2.45) is 5.92 Å². The zero-order valence-electron chi connectivity index (χ0n) is 15.0. The SMILES string of the molecule is CCCCN(C)c1ccc(C(=O)N2CCC(CNC)C2)cc1.Cl.Cl. The first-order valence-corrected chi connectivity index (χ1v) is 8.40. The van der Waals surface area contributed by atoms with E-state index < -0.39 is 0 Å². The van der Waals surface area contributed by atoms with Gasteiger partial charge in [-0.1, -0.05) is 13.3 Å². The van der Waals surface area contributed by atoms with Crippen LogP contribution in [0.25, 0.3) is 0 Å². The molecule has 0 aliphatic carbocycles. The van der Waals surface area contributed by atoms with Crippen molar-refractivity contribution in [2.75, 3.05) is 45.2 Å². The fourth-order valence-corrected chi connectivity index (χ4v) is 3.04. The van der Waals surface area contributed by atoms with Crippen molar-refractivity contribution in [3.63, 3.8) is 0 Å². The minimum absolute atomic E-state index is 0.